The van der Waals surface area contributed by atoms with Crippen molar-refractivity contribution in [3.8, 4) is 12.1 Å². The molecule has 1 radical (unpaired) electrons. The predicted octanol–water partition coefficient (Wildman–Crippen LogP) is 1.08. The molecule has 0 aliphatic carbocycles. The number of nitrogens with zero attached hydrogens (tertiary/aromatic N) is 2. The maximum Gasteiger partial charge on any atom is 0.191 e. The topological polar surface area (TPSA) is 47.6 Å². The van der Waals surface area contributed by atoms with Crippen molar-refractivity contribution in [1.82, 2.24) is 0 Å². The normalized spacial score (nSPS) is 9.06. The Labute approximate surface area is 101 Å². The highest BCUT2D eigenvalue weighted by atomic mass is 14.2. The molecule has 0 aliphatic heterocycles. The van der Waals surface area contributed by atoms with Crippen LogP contribution in [0.15, 0.2) is 48.5 Å². The molecular weight excluding hydrogens is 207 g/mol. The van der Waals surface area contributed by atoms with Crippen molar-refractivity contribution in [3.63, 3.8) is 0 Å². The van der Waals surface area contributed by atoms with Gasteiger partial charge in [0.05, 0.1) is 23.3 Å². The minimum Gasteiger partial charge on any atom is -0.192 e. The zero-order valence-corrected chi connectivity index (χ0v) is 9.09. The quantitative estimate of drug-likeness (QED) is 0.703. The second kappa shape index (κ2) is 5.01. The minimum atomic E-state index is 0.655. The van der Waals surface area contributed by atoms with Gasteiger partial charge in [0.15, 0.2) is 7.28 Å². The molecule has 77 valence electrons. The summed E-state index contributed by atoms with van der Waals surface area (Å²) in [5, 5.41) is 17.4. The fourth-order valence-electron chi connectivity index (χ4n) is 1.50. The molecule has 0 saturated heterocycles. The van der Waals surface area contributed by atoms with Crippen LogP contribution in [0.2, 0.25) is 0 Å². The van der Waals surface area contributed by atoms with Crippen molar-refractivity contribution in [2.24, 2.45) is 0 Å². The van der Waals surface area contributed by atoms with Gasteiger partial charge >= 0.3 is 0 Å². The molecule has 0 heterocycles. The second-order valence-corrected chi connectivity index (χ2v) is 3.61. The van der Waals surface area contributed by atoms with Crippen LogP contribution in [0.5, 0.6) is 0 Å². The van der Waals surface area contributed by atoms with E-state index in [2.05, 4.69) is 12.1 Å². The van der Waals surface area contributed by atoms with E-state index in [1.54, 1.807) is 24.3 Å². The van der Waals surface area contributed by atoms with Crippen LogP contribution >= 0.6 is 0 Å². The zero-order chi connectivity index (χ0) is 12.1. The van der Waals surface area contributed by atoms with Crippen molar-refractivity contribution in [3.05, 3.63) is 59.7 Å². The lowest BCUT2D eigenvalue weighted by Gasteiger charge is -2.00. The summed E-state index contributed by atoms with van der Waals surface area (Å²) < 4.78 is 0. The number of hydrogen-bond donors (Lipinski definition) is 0. The summed E-state index contributed by atoms with van der Waals surface area (Å²) in [6, 6.07) is 18.9. The Balaban J connectivity index is 2.14. The first-order valence-electron chi connectivity index (χ1n) is 5.17. The largest absolute Gasteiger partial charge is 0.192 e. The third-order valence-electron chi connectivity index (χ3n) is 2.41. The standard InChI is InChI=1S/C14H8BN2/c16-9-11-1-5-13(6-2-11)15-14-7-3-12(10-17)4-8-14/h1-8H. The van der Waals surface area contributed by atoms with Gasteiger partial charge in [0.1, 0.15) is 0 Å². The Morgan fingerprint density at radius 3 is 1.29 bits per heavy atom. The van der Waals surface area contributed by atoms with E-state index in [0.29, 0.717) is 11.1 Å². The number of benzene rings is 2. The molecule has 0 fully saturated rings. The lowest BCUT2D eigenvalue weighted by Crippen LogP contribution is -2.26. The summed E-state index contributed by atoms with van der Waals surface area (Å²) in [5.74, 6) is 0. The second-order valence-electron chi connectivity index (χ2n) is 3.61. The van der Waals surface area contributed by atoms with E-state index < -0.39 is 0 Å². The maximum absolute atomic E-state index is 8.69. The van der Waals surface area contributed by atoms with Gasteiger partial charge in [0.2, 0.25) is 0 Å². The number of hydrogen-bond acceptors (Lipinski definition) is 2. The molecule has 0 aliphatic rings. The van der Waals surface area contributed by atoms with Gasteiger partial charge in [-0.2, -0.15) is 10.5 Å². The van der Waals surface area contributed by atoms with Crippen LogP contribution in [0.4, 0.5) is 0 Å². The van der Waals surface area contributed by atoms with Crippen molar-refractivity contribution >= 4 is 18.2 Å². The molecule has 0 spiro atoms. The molecule has 0 amide bonds. The highest BCUT2D eigenvalue weighted by Crippen LogP contribution is 1.95. The summed E-state index contributed by atoms with van der Waals surface area (Å²) in [6.07, 6.45) is 0. The lowest BCUT2D eigenvalue weighted by atomic mass is 9.64. The molecule has 2 nitrogen and oxygen atoms in total. The van der Waals surface area contributed by atoms with Gasteiger partial charge in [-0.15, -0.1) is 0 Å². The molecule has 0 bridgehead atoms. The number of rotatable bonds is 2. The summed E-state index contributed by atoms with van der Waals surface area (Å²) in [5.41, 5.74) is 3.38. The molecule has 2 aromatic rings. The molecule has 0 saturated carbocycles. The molecule has 3 heteroatoms. The van der Waals surface area contributed by atoms with Crippen LogP contribution < -0.4 is 10.9 Å². The third-order valence-corrected chi connectivity index (χ3v) is 2.41. The smallest absolute Gasteiger partial charge is 0.191 e. The van der Waals surface area contributed by atoms with Crippen LogP contribution in [0.3, 0.4) is 0 Å². The lowest BCUT2D eigenvalue weighted by molar-refractivity contribution is 1.49. The molecule has 2 rings (SSSR count). The monoisotopic (exact) mass is 215 g/mol. The Kier molecular flexibility index (Phi) is 3.24. The molecule has 0 N–H and O–H groups in total. The Hall–Kier alpha value is -2.52. The zero-order valence-electron chi connectivity index (χ0n) is 9.09. The SMILES string of the molecule is N#Cc1ccc([B]c2ccc(C#N)cc2)cc1. The Morgan fingerprint density at radius 2 is 1.00 bits per heavy atom. The van der Waals surface area contributed by atoms with E-state index in [-0.39, 0.29) is 0 Å². The Bertz CT molecular complexity index is 531. The summed E-state index contributed by atoms with van der Waals surface area (Å²) in [4.78, 5) is 0. The van der Waals surface area contributed by atoms with E-state index in [9.17, 15) is 0 Å². The van der Waals surface area contributed by atoms with Gasteiger partial charge in [0.25, 0.3) is 0 Å². The van der Waals surface area contributed by atoms with Crippen LogP contribution in [0.1, 0.15) is 11.1 Å². The molecular formula is C14H8BN2. The highest BCUT2D eigenvalue weighted by Gasteiger charge is 1.99. The first-order valence-corrected chi connectivity index (χ1v) is 5.17. The van der Waals surface area contributed by atoms with Crippen LogP contribution in [0, 0.1) is 22.7 Å². The molecule has 0 aromatic heterocycles. The van der Waals surface area contributed by atoms with Crippen molar-refractivity contribution in [2.45, 2.75) is 0 Å². The fourth-order valence-corrected chi connectivity index (χ4v) is 1.50. The van der Waals surface area contributed by atoms with Crippen molar-refractivity contribution < 1.29 is 0 Å². The van der Waals surface area contributed by atoms with E-state index in [0.717, 1.165) is 10.9 Å². The maximum atomic E-state index is 8.69. The van der Waals surface area contributed by atoms with E-state index >= 15 is 0 Å². The summed E-state index contributed by atoms with van der Waals surface area (Å²) in [6.45, 7) is 0. The van der Waals surface area contributed by atoms with Gasteiger partial charge in [0, 0.05) is 0 Å². The van der Waals surface area contributed by atoms with Crippen LogP contribution in [0.25, 0.3) is 0 Å². The van der Waals surface area contributed by atoms with Crippen LogP contribution in [-0.2, 0) is 0 Å². The van der Waals surface area contributed by atoms with E-state index in [1.807, 2.05) is 31.5 Å². The minimum absolute atomic E-state index is 0.655. The van der Waals surface area contributed by atoms with Gasteiger partial charge in [-0.05, 0) is 24.3 Å². The summed E-state index contributed by atoms with van der Waals surface area (Å²) in [7, 11) is 2.00. The fraction of sp³-hybridized carbons (Fsp3) is 0. The molecule has 0 unspecified atom stereocenters. The van der Waals surface area contributed by atoms with Gasteiger partial charge in [-0.1, -0.05) is 35.2 Å². The first kappa shape index (κ1) is 11.0. The Morgan fingerprint density at radius 1 is 0.647 bits per heavy atom. The van der Waals surface area contributed by atoms with E-state index in [1.165, 1.54) is 0 Å². The molecule has 2 aromatic carbocycles. The molecule has 0 atom stereocenters. The van der Waals surface area contributed by atoms with Crippen molar-refractivity contribution in [2.75, 3.05) is 0 Å². The van der Waals surface area contributed by atoms with Gasteiger partial charge in [-0.25, -0.2) is 0 Å². The predicted molar refractivity (Wildman–Crippen MR) is 67.3 cm³/mol. The highest BCUT2D eigenvalue weighted by molar-refractivity contribution is 6.67. The molecule has 17 heavy (non-hydrogen) atoms. The van der Waals surface area contributed by atoms with Crippen molar-refractivity contribution in [1.29, 1.82) is 10.5 Å². The third kappa shape index (κ3) is 2.74. The first-order chi connectivity index (χ1) is 8.31. The summed E-state index contributed by atoms with van der Waals surface area (Å²) >= 11 is 0. The average molecular weight is 215 g/mol. The average Bonchev–Trinajstić information content (AvgIpc) is 2.40. The van der Waals surface area contributed by atoms with Crippen LogP contribution in [-0.4, -0.2) is 7.28 Å². The van der Waals surface area contributed by atoms with E-state index in [4.69, 9.17) is 10.5 Å². The van der Waals surface area contributed by atoms with Gasteiger partial charge in [-0.3, -0.25) is 0 Å². The van der Waals surface area contributed by atoms with Gasteiger partial charge < -0.3 is 0 Å². The number of nitriles is 2.